The number of hydrogen-bond acceptors (Lipinski definition) is 6. The Hall–Kier alpha value is -4.37. The van der Waals surface area contributed by atoms with Crippen molar-refractivity contribution >= 4 is 33.0 Å². The number of nitrogens with one attached hydrogen (secondary N) is 1. The molecule has 4 aromatic rings. The van der Waals surface area contributed by atoms with Gasteiger partial charge in [0.25, 0.3) is 10.0 Å². The number of ether oxygens (including phenoxy) is 2. The lowest BCUT2D eigenvalue weighted by Gasteiger charge is -2.11. The van der Waals surface area contributed by atoms with Gasteiger partial charge in [0.1, 0.15) is 6.61 Å². The lowest BCUT2D eigenvalue weighted by atomic mass is 10.1. The number of rotatable bonds is 9. The molecule has 2 N–H and O–H groups in total. The van der Waals surface area contributed by atoms with Crippen molar-refractivity contribution < 1.29 is 27.8 Å². The SMILES string of the molecule is COc1cc(/C=N/NS(=O)(=O)c2ccc3ccccc3c2)ccc1OCc1cccc(C(=O)O)c1. The Balaban J connectivity index is 1.44. The van der Waals surface area contributed by atoms with E-state index in [0.717, 1.165) is 10.8 Å². The molecule has 35 heavy (non-hydrogen) atoms. The van der Waals surface area contributed by atoms with Crippen LogP contribution in [0.4, 0.5) is 0 Å². The molecule has 0 spiro atoms. The number of carboxylic acid groups (broad SMARTS) is 1. The van der Waals surface area contributed by atoms with Crippen molar-refractivity contribution in [2.45, 2.75) is 11.5 Å². The van der Waals surface area contributed by atoms with Crippen molar-refractivity contribution in [3.05, 3.63) is 102 Å². The van der Waals surface area contributed by atoms with E-state index >= 15 is 0 Å². The topological polar surface area (TPSA) is 114 Å². The summed E-state index contributed by atoms with van der Waals surface area (Å²) in [5.74, 6) is -0.146. The molecule has 0 aliphatic carbocycles. The largest absolute Gasteiger partial charge is 0.493 e. The van der Waals surface area contributed by atoms with Gasteiger partial charge < -0.3 is 14.6 Å². The third-order valence-corrected chi connectivity index (χ3v) is 6.39. The molecule has 0 aliphatic rings. The number of benzene rings is 4. The zero-order valence-corrected chi connectivity index (χ0v) is 19.5. The van der Waals surface area contributed by atoms with Crippen LogP contribution < -0.4 is 14.3 Å². The van der Waals surface area contributed by atoms with E-state index in [-0.39, 0.29) is 17.1 Å². The van der Waals surface area contributed by atoms with Gasteiger partial charge in [0.15, 0.2) is 11.5 Å². The van der Waals surface area contributed by atoms with Crippen LogP contribution in [0.5, 0.6) is 11.5 Å². The summed E-state index contributed by atoms with van der Waals surface area (Å²) in [6.07, 6.45) is 1.36. The summed E-state index contributed by atoms with van der Waals surface area (Å²) in [4.78, 5) is 13.5. The highest BCUT2D eigenvalue weighted by Gasteiger charge is 2.13. The molecular weight excluding hydrogens is 468 g/mol. The molecule has 0 saturated carbocycles. The van der Waals surface area contributed by atoms with Crippen molar-refractivity contribution in [2.24, 2.45) is 5.10 Å². The van der Waals surface area contributed by atoms with Crippen LogP contribution in [0, 0.1) is 0 Å². The monoisotopic (exact) mass is 490 g/mol. The maximum Gasteiger partial charge on any atom is 0.335 e. The summed E-state index contributed by atoms with van der Waals surface area (Å²) >= 11 is 0. The molecule has 0 atom stereocenters. The van der Waals surface area contributed by atoms with E-state index in [1.165, 1.54) is 31.5 Å². The number of aromatic carboxylic acids is 1. The third kappa shape index (κ3) is 5.77. The molecule has 0 heterocycles. The minimum absolute atomic E-state index is 0.113. The first-order valence-electron chi connectivity index (χ1n) is 10.5. The van der Waals surface area contributed by atoms with Gasteiger partial charge in [-0.1, -0.05) is 42.5 Å². The highest BCUT2D eigenvalue weighted by atomic mass is 32.2. The van der Waals surface area contributed by atoms with Crippen molar-refractivity contribution in [1.29, 1.82) is 0 Å². The lowest BCUT2D eigenvalue weighted by Crippen LogP contribution is -2.18. The van der Waals surface area contributed by atoms with E-state index < -0.39 is 16.0 Å². The molecule has 0 amide bonds. The molecule has 8 nitrogen and oxygen atoms in total. The molecule has 0 radical (unpaired) electrons. The van der Waals surface area contributed by atoms with E-state index in [4.69, 9.17) is 14.6 Å². The van der Waals surface area contributed by atoms with Gasteiger partial charge in [-0.25, -0.2) is 9.63 Å². The van der Waals surface area contributed by atoms with Crippen LogP contribution in [-0.4, -0.2) is 32.8 Å². The predicted octanol–water partition coefficient (Wildman–Crippen LogP) is 4.44. The van der Waals surface area contributed by atoms with Gasteiger partial charge in [-0.3, -0.25) is 0 Å². The molecule has 0 unspecified atom stereocenters. The van der Waals surface area contributed by atoms with Gasteiger partial charge in [-0.2, -0.15) is 13.5 Å². The number of hydrogen-bond donors (Lipinski definition) is 2. The minimum atomic E-state index is -3.84. The highest BCUT2D eigenvalue weighted by Crippen LogP contribution is 2.28. The molecule has 0 fully saturated rings. The number of sulfonamides is 1. The number of methoxy groups -OCH3 is 1. The van der Waals surface area contributed by atoms with Gasteiger partial charge in [0.2, 0.25) is 0 Å². The van der Waals surface area contributed by atoms with Crippen LogP contribution in [0.2, 0.25) is 0 Å². The zero-order valence-electron chi connectivity index (χ0n) is 18.7. The zero-order chi connectivity index (χ0) is 24.8. The van der Waals surface area contributed by atoms with Crippen LogP contribution >= 0.6 is 0 Å². The first-order valence-corrected chi connectivity index (χ1v) is 12.0. The Morgan fingerprint density at radius 1 is 0.943 bits per heavy atom. The van der Waals surface area contributed by atoms with Gasteiger partial charge in [-0.05, 0) is 64.4 Å². The Labute approximate surface area is 202 Å². The number of fused-ring (bicyclic) bond motifs is 1. The summed E-state index contributed by atoms with van der Waals surface area (Å²) in [5.41, 5.74) is 1.46. The second-order valence-electron chi connectivity index (χ2n) is 7.57. The molecular formula is C26H22N2O6S. The molecule has 4 aromatic carbocycles. The summed E-state index contributed by atoms with van der Waals surface area (Å²) in [6, 6.07) is 23.8. The Morgan fingerprint density at radius 3 is 2.51 bits per heavy atom. The normalized spacial score (nSPS) is 11.5. The molecule has 0 aliphatic heterocycles. The summed E-state index contributed by atoms with van der Waals surface area (Å²) in [5, 5.41) is 14.8. The Bertz CT molecular complexity index is 1520. The summed E-state index contributed by atoms with van der Waals surface area (Å²) < 4.78 is 36.4. The van der Waals surface area contributed by atoms with E-state index in [9.17, 15) is 13.2 Å². The van der Waals surface area contributed by atoms with E-state index in [2.05, 4.69) is 9.93 Å². The fourth-order valence-electron chi connectivity index (χ4n) is 3.40. The first-order chi connectivity index (χ1) is 16.9. The van der Waals surface area contributed by atoms with Crippen LogP contribution in [-0.2, 0) is 16.6 Å². The molecule has 0 aromatic heterocycles. The van der Waals surface area contributed by atoms with Crippen molar-refractivity contribution in [3.63, 3.8) is 0 Å². The molecule has 0 bridgehead atoms. The van der Waals surface area contributed by atoms with E-state index in [1.54, 1.807) is 42.5 Å². The van der Waals surface area contributed by atoms with Crippen LogP contribution in [0.1, 0.15) is 21.5 Å². The fraction of sp³-hybridized carbons (Fsp3) is 0.0769. The maximum atomic E-state index is 12.6. The van der Waals surface area contributed by atoms with Gasteiger partial charge in [0.05, 0.1) is 23.8 Å². The number of carbonyl (C=O) groups is 1. The second kappa shape index (κ2) is 10.3. The van der Waals surface area contributed by atoms with Crippen molar-refractivity contribution in [3.8, 4) is 11.5 Å². The van der Waals surface area contributed by atoms with Crippen molar-refractivity contribution in [2.75, 3.05) is 7.11 Å². The summed E-state index contributed by atoms with van der Waals surface area (Å²) in [7, 11) is -2.36. The quantitative estimate of drug-likeness (QED) is 0.265. The van der Waals surface area contributed by atoms with Gasteiger partial charge >= 0.3 is 5.97 Å². The first kappa shape index (κ1) is 23.8. The van der Waals surface area contributed by atoms with Gasteiger partial charge in [0, 0.05) is 0 Å². The third-order valence-electron chi connectivity index (χ3n) is 5.17. The average Bonchev–Trinajstić information content (AvgIpc) is 2.87. The Kier molecular flexibility index (Phi) is 6.98. The Morgan fingerprint density at radius 2 is 1.74 bits per heavy atom. The highest BCUT2D eigenvalue weighted by molar-refractivity contribution is 7.89. The standard InChI is InChI=1S/C26H22N2O6S/c1-33-25-14-18(9-12-24(25)34-17-19-5-4-8-22(13-19)26(29)30)16-27-28-35(31,32)23-11-10-20-6-2-3-7-21(20)15-23/h2-16,28H,17H2,1H3,(H,29,30)/b27-16+. The fourth-order valence-corrected chi connectivity index (χ4v) is 4.22. The van der Waals surface area contributed by atoms with Crippen LogP contribution in [0.25, 0.3) is 10.8 Å². The predicted molar refractivity (Wildman–Crippen MR) is 133 cm³/mol. The molecule has 178 valence electrons. The number of hydrazone groups is 1. The average molecular weight is 491 g/mol. The van der Waals surface area contributed by atoms with Crippen molar-refractivity contribution in [1.82, 2.24) is 4.83 Å². The number of nitrogens with zero attached hydrogens (tertiary/aromatic N) is 1. The smallest absolute Gasteiger partial charge is 0.335 e. The van der Waals surface area contributed by atoms with Crippen LogP contribution in [0.3, 0.4) is 0 Å². The van der Waals surface area contributed by atoms with Crippen LogP contribution in [0.15, 0.2) is 94.9 Å². The van der Waals surface area contributed by atoms with Gasteiger partial charge in [-0.15, -0.1) is 0 Å². The maximum absolute atomic E-state index is 12.6. The second-order valence-corrected chi connectivity index (χ2v) is 9.23. The minimum Gasteiger partial charge on any atom is -0.493 e. The van der Waals surface area contributed by atoms with E-state index in [0.29, 0.717) is 22.6 Å². The lowest BCUT2D eigenvalue weighted by molar-refractivity contribution is 0.0696. The molecule has 4 rings (SSSR count). The van der Waals surface area contributed by atoms with E-state index in [1.807, 2.05) is 24.3 Å². The molecule has 9 heteroatoms. The summed E-state index contributed by atoms with van der Waals surface area (Å²) in [6.45, 7) is 0.149. The number of carboxylic acids is 1. The molecule has 0 saturated heterocycles.